The Morgan fingerprint density at radius 3 is 2.32 bits per heavy atom. The second kappa shape index (κ2) is 6.70. The number of rotatable bonds is 2. The SMILES string of the molecule is Cc1cc(C(C)C)c2c(n1)[C@H](C)[C@H](C)[C@H](C)OCC2C(C)C. The van der Waals surface area contributed by atoms with Gasteiger partial charge in [0.05, 0.1) is 12.7 Å². The zero-order chi connectivity index (χ0) is 16.6. The van der Waals surface area contributed by atoms with Crippen LogP contribution in [0, 0.1) is 18.8 Å². The zero-order valence-electron chi connectivity index (χ0n) is 15.6. The molecular formula is C20H33NO. The molecule has 0 saturated carbocycles. The molecule has 2 nitrogen and oxygen atoms in total. The molecule has 1 aromatic heterocycles. The number of hydrogen-bond acceptors (Lipinski definition) is 2. The molecule has 1 aliphatic rings. The van der Waals surface area contributed by atoms with Gasteiger partial charge in [0.1, 0.15) is 0 Å². The van der Waals surface area contributed by atoms with Crippen molar-refractivity contribution < 1.29 is 4.74 Å². The highest BCUT2D eigenvalue weighted by atomic mass is 16.5. The predicted octanol–water partition coefficient (Wildman–Crippen LogP) is 5.41. The Labute approximate surface area is 136 Å². The Hall–Kier alpha value is -0.890. The molecule has 1 unspecified atom stereocenters. The molecule has 0 radical (unpaired) electrons. The lowest BCUT2D eigenvalue weighted by Gasteiger charge is -2.37. The van der Waals surface area contributed by atoms with E-state index >= 15 is 0 Å². The predicted molar refractivity (Wildman–Crippen MR) is 93.6 cm³/mol. The van der Waals surface area contributed by atoms with E-state index in [1.165, 1.54) is 16.8 Å². The maximum Gasteiger partial charge on any atom is 0.0579 e. The number of ether oxygens (including phenoxy) is 1. The summed E-state index contributed by atoms with van der Waals surface area (Å²) < 4.78 is 6.23. The molecule has 0 amide bonds. The van der Waals surface area contributed by atoms with Crippen LogP contribution >= 0.6 is 0 Å². The van der Waals surface area contributed by atoms with E-state index in [0.29, 0.717) is 29.6 Å². The normalized spacial score (nSPS) is 29.4. The quantitative estimate of drug-likeness (QED) is 0.728. The van der Waals surface area contributed by atoms with Crippen LogP contribution in [0.5, 0.6) is 0 Å². The molecule has 2 heterocycles. The van der Waals surface area contributed by atoms with Gasteiger partial charge >= 0.3 is 0 Å². The van der Waals surface area contributed by atoms with E-state index in [1.807, 2.05) is 0 Å². The standard InChI is InChI=1S/C20H33NO/c1-11(2)17-9-13(5)21-20-15(7)14(6)16(8)22-10-18(12(3)4)19(17)20/h9,11-12,14-16,18H,10H2,1-8H3/t14-,15+,16-,18?/m0/s1. The minimum absolute atomic E-state index is 0.286. The molecule has 4 atom stereocenters. The number of fused-ring (bicyclic) bond motifs is 1. The highest BCUT2D eigenvalue weighted by Crippen LogP contribution is 2.41. The number of nitrogens with zero attached hydrogens (tertiary/aromatic N) is 1. The molecule has 0 fully saturated rings. The third kappa shape index (κ3) is 3.22. The molecule has 124 valence electrons. The third-order valence-electron chi connectivity index (χ3n) is 5.54. The first-order valence-electron chi connectivity index (χ1n) is 8.86. The molecule has 2 rings (SSSR count). The van der Waals surface area contributed by atoms with Gasteiger partial charge in [-0.1, -0.05) is 41.5 Å². The second-order valence-electron chi connectivity index (χ2n) is 7.84. The largest absolute Gasteiger partial charge is 0.378 e. The van der Waals surface area contributed by atoms with Crippen LogP contribution in [-0.4, -0.2) is 17.7 Å². The van der Waals surface area contributed by atoms with Crippen molar-refractivity contribution in [1.82, 2.24) is 4.98 Å². The Morgan fingerprint density at radius 2 is 1.77 bits per heavy atom. The van der Waals surface area contributed by atoms with Crippen molar-refractivity contribution in [1.29, 1.82) is 0 Å². The minimum Gasteiger partial charge on any atom is -0.378 e. The van der Waals surface area contributed by atoms with E-state index in [9.17, 15) is 0 Å². The van der Waals surface area contributed by atoms with Gasteiger partial charge in [0.15, 0.2) is 0 Å². The van der Waals surface area contributed by atoms with Gasteiger partial charge in [0, 0.05) is 23.2 Å². The summed E-state index contributed by atoms with van der Waals surface area (Å²) in [6, 6.07) is 2.29. The average molecular weight is 303 g/mol. The molecular weight excluding hydrogens is 270 g/mol. The second-order valence-corrected chi connectivity index (χ2v) is 7.84. The van der Waals surface area contributed by atoms with E-state index < -0.39 is 0 Å². The number of aromatic nitrogens is 1. The van der Waals surface area contributed by atoms with Crippen LogP contribution in [0.15, 0.2) is 6.07 Å². The van der Waals surface area contributed by atoms with Crippen LogP contribution < -0.4 is 0 Å². The van der Waals surface area contributed by atoms with Gasteiger partial charge in [-0.3, -0.25) is 4.98 Å². The van der Waals surface area contributed by atoms with E-state index in [-0.39, 0.29) is 6.10 Å². The van der Waals surface area contributed by atoms with Crippen molar-refractivity contribution in [2.45, 2.75) is 79.2 Å². The Bertz CT molecular complexity index is 521. The monoisotopic (exact) mass is 303 g/mol. The fourth-order valence-corrected chi connectivity index (χ4v) is 3.63. The lowest BCUT2D eigenvalue weighted by Crippen LogP contribution is -2.32. The van der Waals surface area contributed by atoms with Gasteiger partial charge in [0.2, 0.25) is 0 Å². The molecule has 0 bridgehead atoms. The first-order chi connectivity index (χ1) is 10.2. The topological polar surface area (TPSA) is 22.1 Å². The number of pyridine rings is 1. The highest BCUT2D eigenvalue weighted by Gasteiger charge is 2.33. The summed E-state index contributed by atoms with van der Waals surface area (Å²) in [6.07, 6.45) is 0.286. The number of hydrogen-bond donors (Lipinski definition) is 0. The minimum atomic E-state index is 0.286. The molecule has 0 aromatic carbocycles. The molecule has 2 heteroatoms. The van der Waals surface area contributed by atoms with Gasteiger partial charge in [-0.05, 0) is 48.8 Å². The summed E-state index contributed by atoms with van der Waals surface area (Å²) in [7, 11) is 0. The van der Waals surface area contributed by atoms with E-state index in [0.717, 1.165) is 12.3 Å². The summed E-state index contributed by atoms with van der Waals surface area (Å²) >= 11 is 0. The highest BCUT2D eigenvalue weighted by molar-refractivity contribution is 5.40. The van der Waals surface area contributed by atoms with Gasteiger partial charge in [0.25, 0.3) is 0 Å². The smallest absolute Gasteiger partial charge is 0.0579 e. The molecule has 0 aliphatic carbocycles. The van der Waals surface area contributed by atoms with E-state index in [1.54, 1.807) is 0 Å². The summed E-state index contributed by atoms with van der Waals surface area (Å²) in [6.45, 7) is 19.0. The lowest BCUT2D eigenvalue weighted by atomic mass is 9.76. The molecule has 22 heavy (non-hydrogen) atoms. The molecule has 0 spiro atoms. The Balaban J connectivity index is 2.70. The first-order valence-corrected chi connectivity index (χ1v) is 8.86. The summed E-state index contributed by atoms with van der Waals surface area (Å²) in [4.78, 5) is 5.00. The maximum atomic E-state index is 6.23. The molecule has 1 aromatic rings. The van der Waals surface area contributed by atoms with Gasteiger partial charge in [-0.2, -0.15) is 0 Å². The Morgan fingerprint density at radius 1 is 1.14 bits per heavy atom. The van der Waals surface area contributed by atoms with Crippen LogP contribution in [0.3, 0.4) is 0 Å². The van der Waals surface area contributed by atoms with Crippen molar-refractivity contribution in [3.8, 4) is 0 Å². The Kier molecular flexibility index (Phi) is 5.32. The third-order valence-corrected chi connectivity index (χ3v) is 5.54. The van der Waals surface area contributed by atoms with Gasteiger partial charge in [-0.25, -0.2) is 0 Å². The average Bonchev–Trinajstić information content (AvgIpc) is 2.44. The first kappa shape index (κ1) is 17.5. The summed E-state index contributed by atoms with van der Waals surface area (Å²) in [5, 5.41) is 0. The van der Waals surface area contributed by atoms with Crippen molar-refractivity contribution in [3.63, 3.8) is 0 Å². The fourth-order valence-electron chi connectivity index (χ4n) is 3.63. The van der Waals surface area contributed by atoms with Crippen LogP contribution in [0.1, 0.15) is 88.7 Å². The summed E-state index contributed by atoms with van der Waals surface area (Å²) in [5.74, 6) is 2.45. The lowest BCUT2D eigenvalue weighted by molar-refractivity contribution is 0.00351. The molecule has 1 aliphatic heterocycles. The maximum absolute atomic E-state index is 6.23. The van der Waals surface area contributed by atoms with Crippen molar-refractivity contribution in [2.75, 3.05) is 6.61 Å². The van der Waals surface area contributed by atoms with Crippen molar-refractivity contribution >= 4 is 0 Å². The van der Waals surface area contributed by atoms with Gasteiger partial charge in [-0.15, -0.1) is 0 Å². The van der Waals surface area contributed by atoms with Gasteiger partial charge < -0.3 is 4.74 Å². The summed E-state index contributed by atoms with van der Waals surface area (Å²) in [5.41, 5.74) is 5.42. The van der Waals surface area contributed by atoms with Crippen LogP contribution in [0.2, 0.25) is 0 Å². The van der Waals surface area contributed by atoms with Crippen molar-refractivity contribution in [3.05, 3.63) is 28.6 Å². The van der Waals surface area contributed by atoms with E-state index in [2.05, 4.69) is 61.5 Å². The van der Waals surface area contributed by atoms with Crippen LogP contribution in [0.4, 0.5) is 0 Å². The number of aryl methyl sites for hydroxylation is 1. The molecule has 0 N–H and O–H groups in total. The van der Waals surface area contributed by atoms with Crippen molar-refractivity contribution in [2.24, 2.45) is 11.8 Å². The van der Waals surface area contributed by atoms with Crippen LogP contribution in [0.25, 0.3) is 0 Å². The van der Waals surface area contributed by atoms with Crippen LogP contribution in [-0.2, 0) is 4.74 Å². The van der Waals surface area contributed by atoms with E-state index in [4.69, 9.17) is 9.72 Å². The fraction of sp³-hybridized carbons (Fsp3) is 0.750. The zero-order valence-corrected chi connectivity index (χ0v) is 15.6. The molecule has 0 saturated heterocycles.